The maximum absolute atomic E-state index is 12.9. The Morgan fingerprint density at radius 2 is 0.434 bits per heavy atom. The monoisotopic (exact) mass is 1170 g/mol. The van der Waals surface area contributed by atoms with E-state index in [1.807, 2.05) is 0 Å². The summed E-state index contributed by atoms with van der Waals surface area (Å²) in [4.78, 5) is 38.2. The molecule has 0 saturated carbocycles. The van der Waals surface area contributed by atoms with E-state index >= 15 is 0 Å². The minimum atomic E-state index is -0.765. The molecule has 0 aromatic carbocycles. The number of carbonyl (C=O) groups is 3. The number of esters is 3. The molecule has 6 heteroatoms. The molecule has 0 aliphatic rings. The van der Waals surface area contributed by atoms with E-state index < -0.39 is 6.10 Å². The first-order chi connectivity index (χ1) is 41.0. The summed E-state index contributed by atoms with van der Waals surface area (Å²) in [6.45, 7) is 6.67. The van der Waals surface area contributed by atoms with Gasteiger partial charge in [0.2, 0.25) is 0 Å². The topological polar surface area (TPSA) is 78.9 Å². The second-order valence-electron chi connectivity index (χ2n) is 25.9. The minimum absolute atomic E-state index is 0.0639. The van der Waals surface area contributed by atoms with Crippen molar-refractivity contribution in [2.45, 2.75) is 438 Å². The lowest BCUT2D eigenvalue weighted by Gasteiger charge is -2.18. The summed E-state index contributed by atoms with van der Waals surface area (Å²) in [5, 5.41) is 0. The van der Waals surface area contributed by atoms with Crippen molar-refractivity contribution in [1.82, 2.24) is 0 Å². The zero-order valence-electron chi connectivity index (χ0n) is 56.5. The summed E-state index contributed by atoms with van der Waals surface area (Å²) in [6.07, 6.45) is 89.8. The Morgan fingerprint density at radius 1 is 0.241 bits per heavy atom. The van der Waals surface area contributed by atoms with Crippen molar-refractivity contribution >= 4 is 17.9 Å². The predicted octanol–water partition coefficient (Wildman–Crippen LogP) is 26.1. The number of carbonyl (C=O) groups excluding carboxylic acids is 3. The number of hydrogen-bond donors (Lipinski definition) is 0. The maximum Gasteiger partial charge on any atom is 0.306 e. The van der Waals surface area contributed by atoms with Gasteiger partial charge in [0.1, 0.15) is 13.2 Å². The fourth-order valence-electron chi connectivity index (χ4n) is 11.8. The Balaban J connectivity index is 3.96. The van der Waals surface area contributed by atoms with Crippen LogP contribution in [0.25, 0.3) is 0 Å². The van der Waals surface area contributed by atoms with Crippen molar-refractivity contribution in [3.05, 3.63) is 24.3 Å². The van der Waals surface area contributed by atoms with E-state index in [4.69, 9.17) is 14.2 Å². The highest BCUT2D eigenvalue weighted by Gasteiger charge is 2.20. The molecule has 1 unspecified atom stereocenters. The lowest BCUT2D eigenvalue weighted by Crippen LogP contribution is -2.30. The molecule has 0 aromatic rings. The summed E-state index contributed by atoms with van der Waals surface area (Å²) in [5.41, 5.74) is 0. The largest absolute Gasteiger partial charge is 0.462 e. The Labute approximate surface area is 519 Å². The first-order valence-corrected chi connectivity index (χ1v) is 37.8. The van der Waals surface area contributed by atoms with Crippen LogP contribution in [0.2, 0.25) is 0 Å². The second kappa shape index (κ2) is 72.4. The van der Waals surface area contributed by atoms with E-state index in [1.165, 1.54) is 327 Å². The highest BCUT2D eigenvalue weighted by Crippen LogP contribution is 2.20. The summed E-state index contributed by atoms with van der Waals surface area (Å²) < 4.78 is 16.9. The Kier molecular flexibility index (Phi) is 70.5. The molecule has 6 nitrogen and oxygen atoms in total. The third-order valence-electron chi connectivity index (χ3n) is 17.5. The highest BCUT2D eigenvalue weighted by atomic mass is 16.6. The minimum Gasteiger partial charge on any atom is -0.462 e. The molecule has 0 heterocycles. The van der Waals surface area contributed by atoms with Crippen molar-refractivity contribution in [2.75, 3.05) is 13.2 Å². The number of allylic oxidation sites excluding steroid dienone is 4. The molecule has 0 spiro atoms. The predicted molar refractivity (Wildman–Crippen MR) is 363 cm³/mol. The van der Waals surface area contributed by atoms with Gasteiger partial charge < -0.3 is 14.2 Å². The van der Waals surface area contributed by atoms with Gasteiger partial charge in [0.15, 0.2) is 6.10 Å². The molecular formula is C77H146O6. The molecular weight excluding hydrogens is 1020 g/mol. The van der Waals surface area contributed by atoms with Crippen molar-refractivity contribution in [2.24, 2.45) is 0 Å². The zero-order valence-corrected chi connectivity index (χ0v) is 56.5. The molecule has 0 aromatic heterocycles. The summed E-state index contributed by atoms with van der Waals surface area (Å²) in [5.74, 6) is -0.837. The average molecular weight is 1170 g/mol. The highest BCUT2D eigenvalue weighted by molar-refractivity contribution is 5.71. The van der Waals surface area contributed by atoms with Gasteiger partial charge in [-0.05, 0) is 51.4 Å². The number of hydrogen-bond acceptors (Lipinski definition) is 6. The van der Waals surface area contributed by atoms with Gasteiger partial charge in [-0.3, -0.25) is 14.4 Å². The molecule has 0 aliphatic carbocycles. The molecule has 0 fully saturated rings. The van der Waals surface area contributed by atoms with Gasteiger partial charge in [-0.15, -0.1) is 0 Å². The van der Waals surface area contributed by atoms with Crippen LogP contribution in [0.15, 0.2) is 24.3 Å². The quantitative estimate of drug-likeness (QED) is 0.0261. The van der Waals surface area contributed by atoms with Gasteiger partial charge in [-0.2, -0.15) is 0 Å². The summed E-state index contributed by atoms with van der Waals surface area (Å²) >= 11 is 0. The Morgan fingerprint density at radius 3 is 0.663 bits per heavy atom. The fraction of sp³-hybridized carbons (Fsp3) is 0.909. The summed E-state index contributed by atoms with van der Waals surface area (Å²) in [6, 6.07) is 0. The van der Waals surface area contributed by atoms with Crippen molar-refractivity contribution in [3.63, 3.8) is 0 Å². The van der Waals surface area contributed by atoms with Crippen molar-refractivity contribution in [3.8, 4) is 0 Å². The van der Waals surface area contributed by atoms with Gasteiger partial charge in [0.05, 0.1) is 0 Å². The maximum atomic E-state index is 12.9. The lowest BCUT2D eigenvalue weighted by atomic mass is 10.0. The average Bonchev–Trinajstić information content (AvgIpc) is 3.50. The van der Waals surface area contributed by atoms with Crippen molar-refractivity contribution in [1.29, 1.82) is 0 Å². The van der Waals surface area contributed by atoms with Crippen LogP contribution in [0, 0.1) is 0 Å². The van der Waals surface area contributed by atoms with Gasteiger partial charge in [0.25, 0.3) is 0 Å². The molecule has 0 aliphatic heterocycles. The molecule has 1 atom stereocenters. The zero-order chi connectivity index (χ0) is 59.9. The van der Waals surface area contributed by atoms with Crippen LogP contribution in [-0.2, 0) is 28.6 Å². The standard InChI is InChI=1S/C77H146O6/c1-4-7-10-13-16-18-20-22-24-26-28-30-32-34-36-37-38-39-41-42-44-46-48-50-52-54-56-58-61-64-67-70-76(79)82-73-74(72-81-75(78)69-66-63-60-15-12-9-6-3)83-77(80)71-68-65-62-59-57-55-53-51-49-47-45-43-40-35-33-31-29-27-25-23-21-19-17-14-11-8-5-2/h20,22,26,28,74H,4-19,21,23-25,27,29-73H2,1-3H3/b22-20-,28-26-. The van der Waals surface area contributed by atoms with E-state index in [0.717, 1.165) is 64.2 Å². The smallest absolute Gasteiger partial charge is 0.306 e. The third kappa shape index (κ3) is 70.5. The molecule has 0 radical (unpaired) electrons. The third-order valence-corrected chi connectivity index (χ3v) is 17.5. The lowest BCUT2D eigenvalue weighted by molar-refractivity contribution is -0.167. The number of ether oxygens (including phenoxy) is 3. The molecule has 0 amide bonds. The van der Waals surface area contributed by atoms with Crippen LogP contribution in [0.3, 0.4) is 0 Å². The number of unbranched alkanes of at least 4 members (excludes halogenated alkanes) is 56. The van der Waals surface area contributed by atoms with E-state index in [1.54, 1.807) is 0 Å². The van der Waals surface area contributed by atoms with Crippen LogP contribution in [0.5, 0.6) is 0 Å². The van der Waals surface area contributed by atoms with Gasteiger partial charge in [0, 0.05) is 19.3 Å². The SMILES string of the molecule is CCCCCCC/C=C\C/C=C\CCCCCCCCCCCCCCCCCCCCCC(=O)OCC(COC(=O)CCCCCCCCC)OC(=O)CCCCCCCCCCCCCCCCCCCCCCCCCCCCC. The van der Waals surface area contributed by atoms with E-state index in [0.29, 0.717) is 19.3 Å². The van der Waals surface area contributed by atoms with Gasteiger partial charge in [-0.25, -0.2) is 0 Å². The molecule has 0 N–H and O–H groups in total. The summed E-state index contributed by atoms with van der Waals surface area (Å²) in [7, 11) is 0. The molecule has 83 heavy (non-hydrogen) atoms. The molecule has 490 valence electrons. The van der Waals surface area contributed by atoms with Gasteiger partial charge in [-0.1, -0.05) is 385 Å². The van der Waals surface area contributed by atoms with Crippen LogP contribution in [0.1, 0.15) is 432 Å². The van der Waals surface area contributed by atoms with Crippen LogP contribution >= 0.6 is 0 Å². The van der Waals surface area contributed by atoms with E-state index in [2.05, 4.69) is 45.1 Å². The molecule has 0 bridgehead atoms. The Hall–Kier alpha value is -2.11. The first-order valence-electron chi connectivity index (χ1n) is 37.8. The van der Waals surface area contributed by atoms with Gasteiger partial charge >= 0.3 is 17.9 Å². The first kappa shape index (κ1) is 80.9. The van der Waals surface area contributed by atoms with E-state index in [9.17, 15) is 14.4 Å². The second-order valence-corrected chi connectivity index (χ2v) is 25.9. The number of rotatable bonds is 71. The van der Waals surface area contributed by atoms with Crippen molar-refractivity contribution < 1.29 is 28.6 Å². The molecule has 0 saturated heterocycles. The van der Waals surface area contributed by atoms with Crippen LogP contribution < -0.4 is 0 Å². The van der Waals surface area contributed by atoms with Crippen LogP contribution in [-0.4, -0.2) is 37.2 Å². The normalized spacial score (nSPS) is 12.1. The van der Waals surface area contributed by atoms with Crippen LogP contribution in [0.4, 0.5) is 0 Å². The van der Waals surface area contributed by atoms with E-state index in [-0.39, 0.29) is 31.1 Å². The fourth-order valence-corrected chi connectivity index (χ4v) is 11.8. The molecule has 0 rings (SSSR count). The Bertz CT molecular complexity index is 1340.